The summed E-state index contributed by atoms with van der Waals surface area (Å²) in [4.78, 5) is 12.3. The summed E-state index contributed by atoms with van der Waals surface area (Å²) >= 11 is 1.40. The molecule has 3 N–H and O–H groups in total. The maximum absolute atomic E-state index is 12.3. The standard InChI is InChI=1S/C22H24N4O2S/c1-5-29-25-17-8-11-20(24-16-6-9-18(28-4)10-7-16)19(13-17)15-12-21(23-2)22(27)26(3)14-15/h5-14,23-25H,1H2,2-4H3. The first-order chi connectivity index (χ1) is 14.0. The Morgan fingerprint density at radius 3 is 2.45 bits per heavy atom. The number of aryl methyl sites for hydroxylation is 1. The van der Waals surface area contributed by atoms with E-state index in [2.05, 4.69) is 21.9 Å². The number of aromatic nitrogens is 1. The lowest BCUT2D eigenvalue weighted by Crippen LogP contribution is -2.19. The van der Waals surface area contributed by atoms with Crippen LogP contribution in [-0.4, -0.2) is 18.7 Å². The summed E-state index contributed by atoms with van der Waals surface area (Å²) in [6.45, 7) is 3.72. The Morgan fingerprint density at radius 2 is 1.79 bits per heavy atom. The average molecular weight is 409 g/mol. The van der Waals surface area contributed by atoms with Crippen LogP contribution >= 0.6 is 11.9 Å². The molecule has 0 radical (unpaired) electrons. The monoisotopic (exact) mass is 408 g/mol. The molecule has 0 atom stereocenters. The van der Waals surface area contributed by atoms with Crippen LogP contribution in [0.15, 0.2) is 71.5 Å². The quantitative estimate of drug-likeness (QED) is 0.453. The van der Waals surface area contributed by atoms with Crippen molar-refractivity contribution in [3.05, 3.63) is 77.1 Å². The minimum Gasteiger partial charge on any atom is -0.497 e. The molecule has 0 aliphatic carbocycles. The highest BCUT2D eigenvalue weighted by Crippen LogP contribution is 2.34. The molecule has 2 aromatic carbocycles. The van der Waals surface area contributed by atoms with Gasteiger partial charge in [0, 0.05) is 48.5 Å². The number of rotatable bonds is 8. The lowest BCUT2D eigenvalue weighted by molar-refractivity contribution is 0.415. The van der Waals surface area contributed by atoms with Crippen LogP contribution < -0.4 is 25.7 Å². The fourth-order valence-electron chi connectivity index (χ4n) is 2.93. The summed E-state index contributed by atoms with van der Waals surface area (Å²) in [6.07, 6.45) is 1.84. The summed E-state index contributed by atoms with van der Waals surface area (Å²) in [6, 6.07) is 15.6. The van der Waals surface area contributed by atoms with Gasteiger partial charge in [-0.3, -0.25) is 4.79 Å². The highest BCUT2D eigenvalue weighted by atomic mass is 32.2. The molecule has 0 saturated heterocycles. The number of nitrogens with zero attached hydrogens (tertiary/aromatic N) is 1. The van der Waals surface area contributed by atoms with E-state index < -0.39 is 0 Å². The van der Waals surface area contributed by atoms with E-state index >= 15 is 0 Å². The van der Waals surface area contributed by atoms with Crippen LogP contribution in [0.4, 0.5) is 22.7 Å². The van der Waals surface area contributed by atoms with Crippen molar-refractivity contribution >= 4 is 34.7 Å². The zero-order chi connectivity index (χ0) is 20.8. The molecule has 7 heteroatoms. The van der Waals surface area contributed by atoms with Gasteiger partial charge in [-0.1, -0.05) is 6.58 Å². The maximum Gasteiger partial charge on any atom is 0.273 e. The molecule has 0 aliphatic rings. The number of hydrogen-bond donors (Lipinski definition) is 3. The predicted molar refractivity (Wildman–Crippen MR) is 124 cm³/mol. The Balaban J connectivity index is 2.07. The first kappa shape index (κ1) is 20.4. The van der Waals surface area contributed by atoms with Crippen LogP contribution in [0, 0.1) is 0 Å². The number of benzene rings is 2. The number of methoxy groups -OCH3 is 1. The first-order valence-corrected chi connectivity index (χ1v) is 9.90. The van der Waals surface area contributed by atoms with E-state index in [1.54, 1.807) is 31.2 Å². The van der Waals surface area contributed by atoms with E-state index in [4.69, 9.17) is 4.74 Å². The van der Waals surface area contributed by atoms with Crippen molar-refractivity contribution in [3.8, 4) is 16.9 Å². The van der Waals surface area contributed by atoms with Crippen LogP contribution in [0.3, 0.4) is 0 Å². The van der Waals surface area contributed by atoms with Crippen molar-refractivity contribution in [1.82, 2.24) is 4.57 Å². The predicted octanol–water partition coefficient (Wildman–Crippen LogP) is 5.05. The van der Waals surface area contributed by atoms with Crippen molar-refractivity contribution in [2.45, 2.75) is 0 Å². The summed E-state index contributed by atoms with van der Waals surface area (Å²) in [5.74, 6) is 0.800. The number of anilines is 4. The summed E-state index contributed by atoms with van der Waals surface area (Å²) < 4.78 is 10.0. The molecule has 150 valence electrons. The Labute approximate surface area is 174 Å². The van der Waals surface area contributed by atoms with Gasteiger partial charge in [0.2, 0.25) is 0 Å². The van der Waals surface area contributed by atoms with Crippen molar-refractivity contribution in [1.29, 1.82) is 0 Å². The van der Waals surface area contributed by atoms with Gasteiger partial charge < -0.3 is 24.7 Å². The third kappa shape index (κ3) is 4.75. The maximum atomic E-state index is 12.3. The van der Waals surface area contributed by atoms with Crippen molar-refractivity contribution < 1.29 is 4.74 Å². The van der Waals surface area contributed by atoms with Gasteiger partial charge in [0.25, 0.3) is 5.56 Å². The molecule has 0 bridgehead atoms. The zero-order valence-corrected chi connectivity index (χ0v) is 17.5. The van der Waals surface area contributed by atoms with Gasteiger partial charge >= 0.3 is 0 Å². The fraction of sp³-hybridized carbons (Fsp3) is 0.136. The lowest BCUT2D eigenvalue weighted by Gasteiger charge is -2.16. The Bertz CT molecular complexity index is 1060. The fourth-order valence-corrected chi connectivity index (χ4v) is 3.28. The van der Waals surface area contributed by atoms with Gasteiger partial charge in [-0.05, 0) is 65.9 Å². The van der Waals surface area contributed by atoms with Crippen LogP contribution in [0.1, 0.15) is 0 Å². The minimum atomic E-state index is -0.0718. The normalized spacial score (nSPS) is 10.3. The molecule has 3 rings (SSSR count). The van der Waals surface area contributed by atoms with Crippen LogP contribution in [-0.2, 0) is 7.05 Å². The van der Waals surface area contributed by atoms with Gasteiger partial charge in [-0.2, -0.15) is 0 Å². The topological polar surface area (TPSA) is 67.3 Å². The van der Waals surface area contributed by atoms with Crippen LogP contribution in [0.2, 0.25) is 0 Å². The molecule has 0 amide bonds. The molecule has 0 unspecified atom stereocenters. The summed E-state index contributed by atoms with van der Waals surface area (Å²) in [5, 5.41) is 8.17. The van der Waals surface area contributed by atoms with Gasteiger partial charge in [-0.15, -0.1) is 0 Å². The van der Waals surface area contributed by atoms with Gasteiger partial charge in [0.15, 0.2) is 0 Å². The number of hydrogen-bond acceptors (Lipinski definition) is 6. The molecular weight excluding hydrogens is 384 g/mol. The Morgan fingerprint density at radius 1 is 1.07 bits per heavy atom. The van der Waals surface area contributed by atoms with E-state index in [9.17, 15) is 4.79 Å². The molecule has 0 spiro atoms. The molecule has 6 nitrogen and oxygen atoms in total. The molecule has 0 fully saturated rings. The molecule has 29 heavy (non-hydrogen) atoms. The minimum absolute atomic E-state index is 0.0718. The van der Waals surface area contributed by atoms with Crippen molar-refractivity contribution in [2.24, 2.45) is 7.05 Å². The molecule has 1 heterocycles. The second kappa shape index (κ2) is 9.25. The van der Waals surface area contributed by atoms with E-state index in [0.717, 1.165) is 33.9 Å². The third-order valence-corrected chi connectivity index (χ3v) is 4.93. The van der Waals surface area contributed by atoms with E-state index in [1.807, 2.05) is 54.7 Å². The molecule has 1 aromatic heterocycles. The lowest BCUT2D eigenvalue weighted by atomic mass is 10.0. The van der Waals surface area contributed by atoms with Gasteiger partial charge in [-0.25, -0.2) is 0 Å². The molecule has 0 saturated carbocycles. The highest BCUT2D eigenvalue weighted by molar-refractivity contribution is 8.03. The number of pyridine rings is 1. The van der Waals surface area contributed by atoms with Gasteiger partial charge in [0.1, 0.15) is 11.4 Å². The van der Waals surface area contributed by atoms with Crippen molar-refractivity contribution in [2.75, 3.05) is 29.5 Å². The second-order valence-electron chi connectivity index (χ2n) is 6.31. The van der Waals surface area contributed by atoms with E-state index in [-0.39, 0.29) is 5.56 Å². The van der Waals surface area contributed by atoms with E-state index in [1.165, 1.54) is 11.9 Å². The SMILES string of the molecule is C=CSNc1ccc(Nc2ccc(OC)cc2)c(-c2cc(NC)c(=O)n(C)c2)c1. The largest absolute Gasteiger partial charge is 0.497 e. The average Bonchev–Trinajstić information content (AvgIpc) is 2.75. The third-order valence-electron chi connectivity index (χ3n) is 4.41. The molecular formula is C22H24N4O2S. The zero-order valence-electron chi connectivity index (χ0n) is 16.7. The first-order valence-electron chi connectivity index (χ1n) is 9.02. The van der Waals surface area contributed by atoms with Crippen LogP contribution in [0.25, 0.3) is 11.1 Å². The number of ether oxygens (including phenoxy) is 1. The van der Waals surface area contributed by atoms with E-state index in [0.29, 0.717) is 5.69 Å². The highest BCUT2D eigenvalue weighted by Gasteiger charge is 2.11. The second-order valence-corrected chi connectivity index (χ2v) is 7.08. The summed E-state index contributed by atoms with van der Waals surface area (Å²) in [7, 11) is 5.14. The smallest absolute Gasteiger partial charge is 0.273 e. The number of nitrogens with one attached hydrogen (secondary N) is 3. The van der Waals surface area contributed by atoms with Crippen molar-refractivity contribution in [3.63, 3.8) is 0 Å². The molecule has 0 aliphatic heterocycles. The van der Waals surface area contributed by atoms with Gasteiger partial charge in [0.05, 0.1) is 7.11 Å². The van der Waals surface area contributed by atoms with Crippen LogP contribution in [0.5, 0.6) is 5.75 Å². The molecule has 3 aromatic rings. The Kier molecular flexibility index (Phi) is 6.51. The summed E-state index contributed by atoms with van der Waals surface area (Å²) in [5.41, 5.74) is 5.14. The Hall–Kier alpha value is -3.32.